The number of carbonyl (C=O) groups excluding carboxylic acids is 1. The Morgan fingerprint density at radius 3 is 2.55 bits per heavy atom. The van der Waals surface area contributed by atoms with Gasteiger partial charge in [0.05, 0.1) is 19.8 Å². The summed E-state index contributed by atoms with van der Waals surface area (Å²) >= 11 is 6.43. The maximum Gasteiger partial charge on any atom is 0.289 e. The largest absolute Gasteiger partial charge is 0.455 e. The summed E-state index contributed by atoms with van der Waals surface area (Å²) in [6.07, 6.45) is 6.25. The minimum Gasteiger partial charge on any atom is -0.455 e. The molecule has 0 unspecified atom stereocenters. The molecule has 2 aromatic rings. The standard InChI is InChI=1S/C23H29ClN2O3/c24-21-9-5-4-6-18(21)16-26(19-7-2-1-3-8-19)17-20-10-11-22(29-20)23(27)25-12-14-28-15-13-25/h4-6,9-11,19H,1-3,7-8,12-17H2. The van der Waals surface area contributed by atoms with E-state index in [0.717, 1.165) is 22.9 Å². The lowest BCUT2D eigenvalue weighted by Gasteiger charge is -2.34. The number of rotatable bonds is 6. The van der Waals surface area contributed by atoms with Crippen LogP contribution in [0.25, 0.3) is 0 Å². The molecule has 29 heavy (non-hydrogen) atoms. The summed E-state index contributed by atoms with van der Waals surface area (Å²) in [7, 11) is 0. The van der Waals surface area contributed by atoms with Gasteiger partial charge in [0.2, 0.25) is 0 Å². The summed E-state index contributed by atoms with van der Waals surface area (Å²) in [5, 5.41) is 0.802. The molecule has 0 spiro atoms. The van der Waals surface area contributed by atoms with Gasteiger partial charge in [-0.2, -0.15) is 0 Å². The maximum absolute atomic E-state index is 12.7. The van der Waals surface area contributed by atoms with Crippen molar-refractivity contribution in [2.24, 2.45) is 0 Å². The van der Waals surface area contributed by atoms with Crippen LogP contribution in [-0.4, -0.2) is 48.1 Å². The topological polar surface area (TPSA) is 45.9 Å². The fraction of sp³-hybridized carbons (Fsp3) is 0.522. The van der Waals surface area contributed by atoms with Crippen molar-refractivity contribution in [3.63, 3.8) is 0 Å². The van der Waals surface area contributed by atoms with Gasteiger partial charge in [0.25, 0.3) is 5.91 Å². The molecule has 1 aromatic carbocycles. The molecule has 6 heteroatoms. The second-order valence-electron chi connectivity index (χ2n) is 7.96. The van der Waals surface area contributed by atoms with Crippen LogP contribution in [0.4, 0.5) is 0 Å². The van der Waals surface area contributed by atoms with E-state index >= 15 is 0 Å². The van der Waals surface area contributed by atoms with Gasteiger partial charge in [-0.3, -0.25) is 9.69 Å². The maximum atomic E-state index is 12.7. The van der Waals surface area contributed by atoms with Gasteiger partial charge in [-0.25, -0.2) is 0 Å². The van der Waals surface area contributed by atoms with Crippen LogP contribution < -0.4 is 0 Å². The first-order chi connectivity index (χ1) is 14.2. The average molecular weight is 417 g/mol. The predicted molar refractivity (Wildman–Crippen MR) is 113 cm³/mol. The molecule has 4 rings (SSSR count). The van der Waals surface area contributed by atoms with E-state index in [1.54, 1.807) is 4.90 Å². The lowest BCUT2D eigenvalue weighted by molar-refractivity contribution is 0.0280. The number of furan rings is 1. The first-order valence-electron chi connectivity index (χ1n) is 10.6. The predicted octanol–water partition coefficient (Wildman–Crippen LogP) is 4.74. The lowest BCUT2D eigenvalue weighted by Crippen LogP contribution is -2.40. The number of hydrogen-bond acceptors (Lipinski definition) is 4. The molecule has 1 aliphatic carbocycles. The van der Waals surface area contributed by atoms with Gasteiger partial charge in [-0.15, -0.1) is 0 Å². The van der Waals surface area contributed by atoms with Gasteiger partial charge >= 0.3 is 0 Å². The smallest absolute Gasteiger partial charge is 0.289 e. The van der Waals surface area contributed by atoms with Crippen LogP contribution in [0.15, 0.2) is 40.8 Å². The van der Waals surface area contributed by atoms with Crippen molar-refractivity contribution in [3.8, 4) is 0 Å². The normalized spacial score (nSPS) is 18.3. The van der Waals surface area contributed by atoms with Gasteiger partial charge in [0.15, 0.2) is 5.76 Å². The molecular formula is C23H29ClN2O3. The van der Waals surface area contributed by atoms with Crippen LogP contribution in [0.3, 0.4) is 0 Å². The molecule has 156 valence electrons. The quantitative estimate of drug-likeness (QED) is 0.682. The zero-order chi connectivity index (χ0) is 20.1. The minimum atomic E-state index is -0.0464. The number of halogens is 1. The van der Waals surface area contributed by atoms with E-state index in [1.165, 1.54) is 32.1 Å². The Labute approximate surface area is 177 Å². The van der Waals surface area contributed by atoms with Crippen LogP contribution in [0.1, 0.15) is 54.0 Å². The third kappa shape index (κ3) is 5.21. The highest BCUT2D eigenvalue weighted by Crippen LogP contribution is 2.28. The first kappa shape index (κ1) is 20.5. The second-order valence-corrected chi connectivity index (χ2v) is 8.37. The highest BCUT2D eigenvalue weighted by molar-refractivity contribution is 6.31. The summed E-state index contributed by atoms with van der Waals surface area (Å²) in [6.45, 7) is 3.90. The van der Waals surface area contributed by atoms with Crippen LogP contribution in [0.2, 0.25) is 5.02 Å². The van der Waals surface area contributed by atoms with Gasteiger partial charge in [-0.05, 0) is 36.6 Å². The number of nitrogens with zero attached hydrogens (tertiary/aromatic N) is 2. The minimum absolute atomic E-state index is 0.0464. The summed E-state index contributed by atoms with van der Waals surface area (Å²) in [6, 6.07) is 12.3. The Bertz CT molecular complexity index is 810. The Morgan fingerprint density at radius 2 is 1.79 bits per heavy atom. The van der Waals surface area contributed by atoms with Crippen molar-refractivity contribution in [1.82, 2.24) is 9.80 Å². The number of benzene rings is 1. The Balaban J connectivity index is 1.47. The van der Waals surface area contributed by atoms with Crippen LogP contribution >= 0.6 is 11.6 Å². The highest BCUT2D eigenvalue weighted by atomic mass is 35.5. The van der Waals surface area contributed by atoms with E-state index in [9.17, 15) is 4.79 Å². The van der Waals surface area contributed by atoms with Crippen LogP contribution in [0.5, 0.6) is 0 Å². The monoisotopic (exact) mass is 416 g/mol. The molecular weight excluding hydrogens is 388 g/mol. The summed E-state index contributed by atoms with van der Waals surface area (Å²) in [5.41, 5.74) is 1.14. The molecule has 0 bridgehead atoms. The van der Waals surface area contributed by atoms with Crippen LogP contribution in [0, 0.1) is 0 Å². The number of ether oxygens (including phenoxy) is 1. The van der Waals surface area contributed by atoms with Crippen molar-refractivity contribution in [1.29, 1.82) is 0 Å². The summed E-state index contributed by atoms with van der Waals surface area (Å²) in [4.78, 5) is 16.9. The Hall–Kier alpha value is -1.82. The van der Waals surface area contributed by atoms with E-state index in [0.29, 0.717) is 44.7 Å². The Morgan fingerprint density at radius 1 is 1.03 bits per heavy atom. The van der Waals surface area contributed by atoms with Crippen molar-refractivity contribution in [2.75, 3.05) is 26.3 Å². The fourth-order valence-corrected chi connectivity index (χ4v) is 4.50. The molecule has 0 radical (unpaired) electrons. The number of amides is 1. The highest BCUT2D eigenvalue weighted by Gasteiger charge is 2.25. The first-order valence-corrected chi connectivity index (χ1v) is 11.0. The van der Waals surface area contributed by atoms with Gasteiger partial charge < -0.3 is 14.1 Å². The molecule has 5 nitrogen and oxygen atoms in total. The molecule has 0 atom stereocenters. The molecule has 1 amide bonds. The third-order valence-electron chi connectivity index (χ3n) is 5.95. The average Bonchev–Trinajstić information content (AvgIpc) is 3.24. The zero-order valence-electron chi connectivity index (χ0n) is 16.8. The van der Waals surface area contributed by atoms with E-state index in [1.807, 2.05) is 30.3 Å². The molecule has 1 saturated carbocycles. The molecule has 2 heterocycles. The number of carbonyl (C=O) groups is 1. The lowest BCUT2D eigenvalue weighted by atomic mass is 9.93. The second kappa shape index (κ2) is 9.79. The fourth-order valence-electron chi connectivity index (χ4n) is 4.31. The summed E-state index contributed by atoms with van der Waals surface area (Å²) in [5.74, 6) is 1.21. The van der Waals surface area contributed by atoms with Crippen molar-refractivity contribution >= 4 is 17.5 Å². The Kier molecular flexibility index (Phi) is 6.90. The molecule has 2 fully saturated rings. The van der Waals surface area contributed by atoms with Crippen molar-refractivity contribution in [2.45, 2.75) is 51.2 Å². The van der Waals surface area contributed by atoms with Crippen LogP contribution in [-0.2, 0) is 17.8 Å². The van der Waals surface area contributed by atoms with Crippen molar-refractivity contribution in [3.05, 3.63) is 58.5 Å². The van der Waals surface area contributed by atoms with Gasteiger partial charge in [-0.1, -0.05) is 49.1 Å². The van der Waals surface area contributed by atoms with Gasteiger partial charge in [0, 0.05) is 30.7 Å². The van der Waals surface area contributed by atoms with Crippen molar-refractivity contribution < 1.29 is 13.9 Å². The number of morpholine rings is 1. The van der Waals surface area contributed by atoms with E-state index in [-0.39, 0.29) is 5.91 Å². The zero-order valence-corrected chi connectivity index (χ0v) is 17.6. The van der Waals surface area contributed by atoms with E-state index in [4.69, 9.17) is 20.8 Å². The molecule has 1 aromatic heterocycles. The number of hydrogen-bond donors (Lipinski definition) is 0. The van der Waals surface area contributed by atoms with E-state index in [2.05, 4.69) is 11.0 Å². The summed E-state index contributed by atoms with van der Waals surface area (Å²) < 4.78 is 11.3. The molecule has 2 aliphatic rings. The van der Waals surface area contributed by atoms with Gasteiger partial charge in [0.1, 0.15) is 5.76 Å². The third-order valence-corrected chi connectivity index (χ3v) is 6.32. The van der Waals surface area contributed by atoms with E-state index < -0.39 is 0 Å². The molecule has 1 aliphatic heterocycles. The molecule has 1 saturated heterocycles. The molecule has 0 N–H and O–H groups in total. The SMILES string of the molecule is O=C(c1ccc(CN(Cc2ccccc2Cl)C2CCCCC2)o1)N1CCOCC1.